The van der Waals surface area contributed by atoms with Crippen LogP contribution in [0.4, 0.5) is 24.5 Å². The van der Waals surface area contributed by atoms with E-state index in [-0.39, 0.29) is 24.6 Å². The molecule has 5 nitrogen and oxygen atoms in total. The highest BCUT2D eigenvalue weighted by molar-refractivity contribution is 6.03. The molecule has 2 aromatic carbocycles. The number of halogens is 3. The van der Waals surface area contributed by atoms with Crippen LogP contribution in [0.1, 0.15) is 12.0 Å². The highest BCUT2D eigenvalue weighted by Crippen LogP contribution is 2.35. The molecule has 0 aliphatic carbocycles. The third-order valence-electron chi connectivity index (χ3n) is 4.37. The Balaban J connectivity index is 1.73. The van der Waals surface area contributed by atoms with Gasteiger partial charge in [0.2, 0.25) is 11.8 Å². The molecule has 3 rings (SSSR count). The Bertz CT molecular complexity index is 850. The molecule has 0 aromatic heterocycles. The average molecular weight is 378 g/mol. The molecule has 0 spiro atoms. The maximum absolute atomic E-state index is 13.1. The number of methoxy groups -OCH3 is 1. The van der Waals surface area contributed by atoms with Crippen molar-refractivity contribution in [2.45, 2.75) is 12.6 Å². The van der Waals surface area contributed by atoms with Crippen LogP contribution < -0.4 is 15.0 Å². The van der Waals surface area contributed by atoms with Crippen LogP contribution in [0.3, 0.4) is 0 Å². The molecule has 1 saturated heterocycles. The second kappa shape index (κ2) is 7.30. The number of carbonyl (C=O) groups is 2. The van der Waals surface area contributed by atoms with Crippen molar-refractivity contribution >= 4 is 23.2 Å². The maximum Gasteiger partial charge on any atom is 0.418 e. The quantitative estimate of drug-likeness (QED) is 0.883. The summed E-state index contributed by atoms with van der Waals surface area (Å²) in [4.78, 5) is 26.1. The number of nitrogens with zero attached hydrogens (tertiary/aromatic N) is 1. The molecular formula is C19H17F3N2O3. The van der Waals surface area contributed by atoms with E-state index in [1.807, 2.05) is 0 Å². The molecule has 0 saturated carbocycles. The Morgan fingerprint density at radius 2 is 1.81 bits per heavy atom. The zero-order valence-corrected chi connectivity index (χ0v) is 14.4. The zero-order chi connectivity index (χ0) is 19.6. The molecular weight excluding hydrogens is 361 g/mol. The number of carbonyl (C=O) groups excluding carboxylic acids is 2. The average Bonchev–Trinajstić information content (AvgIpc) is 3.03. The van der Waals surface area contributed by atoms with Crippen molar-refractivity contribution < 1.29 is 27.5 Å². The first kappa shape index (κ1) is 18.8. The molecule has 1 fully saturated rings. The van der Waals surface area contributed by atoms with Crippen LogP contribution >= 0.6 is 0 Å². The van der Waals surface area contributed by atoms with Crippen LogP contribution in [0, 0.1) is 5.92 Å². The van der Waals surface area contributed by atoms with Gasteiger partial charge in [0, 0.05) is 18.7 Å². The maximum atomic E-state index is 13.1. The van der Waals surface area contributed by atoms with Crippen molar-refractivity contribution in [2.24, 2.45) is 5.92 Å². The lowest BCUT2D eigenvalue weighted by Gasteiger charge is -2.18. The van der Waals surface area contributed by atoms with E-state index in [0.717, 1.165) is 6.07 Å². The largest absolute Gasteiger partial charge is 0.497 e. The first-order valence-electron chi connectivity index (χ1n) is 8.21. The van der Waals surface area contributed by atoms with E-state index in [1.165, 1.54) is 30.2 Å². The highest BCUT2D eigenvalue weighted by Gasteiger charge is 2.37. The molecule has 1 aliphatic rings. The summed E-state index contributed by atoms with van der Waals surface area (Å²) in [6.07, 6.45) is -4.64. The van der Waals surface area contributed by atoms with Crippen LogP contribution in [0.25, 0.3) is 0 Å². The van der Waals surface area contributed by atoms with Gasteiger partial charge in [0.15, 0.2) is 0 Å². The molecule has 2 amide bonds. The molecule has 1 heterocycles. The second-order valence-electron chi connectivity index (χ2n) is 6.14. The van der Waals surface area contributed by atoms with E-state index >= 15 is 0 Å². The second-order valence-corrected chi connectivity index (χ2v) is 6.14. The third-order valence-corrected chi connectivity index (χ3v) is 4.37. The predicted molar refractivity (Wildman–Crippen MR) is 93.5 cm³/mol. The standard InChI is InChI=1S/C19H17F3N2O3/c1-27-14-8-6-13(7-9-14)24-11-12(10-17(24)25)18(26)23-16-5-3-2-4-15(16)19(20,21)22/h2-9,12H,10-11H2,1H3,(H,23,26). The predicted octanol–water partition coefficient (Wildman–Crippen LogP) is 3.71. The van der Waals surface area contributed by atoms with Crippen LogP contribution in [-0.2, 0) is 15.8 Å². The van der Waals surface area contributed by atoms with Gasteiger partial charge in [-0.15, -0.1) is 0 Å². The lowest BCUT2D eigenvalue weighted by molar-refractivity contribution is -0.137. The van der Waals surface area contributed by atoms with Gasteiger partial charge in [-0.25, -0.2) is 0 Å². The normalized spacial score (nSPS) is 17.1. The fourth-order valence-corrected chi connectivity index (χ4v) is 2.97. The molecule has 0 bridgehead atoms. The molecule has 1 N–H and O–H groups in total. The van der Waals surface area contributed by atoms with Crippen molar-refractivity contribution in [1.29, 1.82) is 0 Å². The molecule has 1 aliphatic heterocycles. The molecule has 0 radical (unpaired) electrons. The number of hydrogen-bond donors (Lipinski definition) is 1. The third kappa shape index (κ3) is 4.05. The summed E-state index contributed by atoms with van der Waals surface area (Å²) in [5.74, 6) is -0.982. The lowest BCUT2D eigenvalue weighted by atomic mass is 10.1. The van der Waals surface area contributed by atoms with Crippen molar-refractivity contribution in [1.82, 2.24) is 0 Å². The SMILES string of the molecule is COc1ccc(N2CC(C(=O)Nc3ccccc3C(F)(F)F)CC2=O)cc1. The number of para-hydroxylation sites is 1. The molecule has 27 heavy (non-hydrogen) atoms. The summed E-state index contributed by atoms with van der Waals surface area (Å²) in [6.45, 7) is 0.102. The molecule has 2 aromatic rings. The van der Waals surface area contributed by atoms with Crippen molar-refractivity contribution in [3.63, 3.8) is 0 Å². The van der Waals surface area contributed by atoms with Crippen LogP contribution in [0.2, 0.25) is 0 Å². The Morgan fingerprint density at radius 3 is 2.44 bits per heavy atom. The minimum absolute atomic E-state index is 0.0634. The van der Waals surface area contributed by atoms with Gasteiger partial charge in [-0.1, -0.05) is 12.1 Å². The van der Waals surface area contributed by atoms with E-state index in [0.29, 0.717) is 11.4 Å². The Kier molecular flexibility index (Phi) is 5.07. The summed E-state index contributed by atoms with van der Waals surface area (Å²) < 4.78 is 44.2. The Labute approximate surface area is 153 Å². The van der Waals surface area contributed by atoms with Gasteiger partial charge in [-0.05, 0) is 36.4 Å². The van der Waals surface area contributed by atoms with Gasteiger partial charge in [0.25, 0.3) is 0 Å². The van der Waals surface area contributed by atoms with Crippen molar-refractivity contribution in [2.75, 3.05) is 23.9 Å². The van der Waals surface area contributed by atoms with Gasteiger partial charge < -0.3 is 15.0 Å². The number of nitrogens with one attached hydrogen (secondary N) is 1. The Hall–Kier alpha value is -3.03. The number of rotatable bonds is 4. The zero-order valence-electron chi connectivity index (χ0n) is 14.4. The fourth-order valence-electron chi connectivity index (χ4n) is 2.97. The summed E-state index contributed by atoms with van der Waals surface area (Å²) in [5, 5.41) is 2.31. The minimum atomic E-state index is -4.58. The first-order valence-corrected chi connectivity index (χ1v) is 8.21. The smallest absolute Gasteiger partial charge is 0.418 e. The van der Waals surface area contributed by atoms with E-state index in [2.05, 4.69) is 5.32 Å². The molecule has 8 heteroatoms. The summed E-state index contributed by atoms with van der Waals surface area (Å²) in [5.41, 5.74) is -0.633. The van der Waals surface area contributed by atoms with E-state index in [9.17, 15) is 22.8 Å². The number of ether oxygens (including phenoxy) is 1. The van der Waals surface area contributed by atoms with Crippen molar-refractivity contribution in [3.05, 3.63) is 54.1 Å². The molecule has 1 unspecified atom stereocenters. The summed E-state index contributed by atoms with van der Waals surface area (Å²) >= 11 is 0. The van der Waals surface area contributed by atoms with Gasteiger partial charge in [-0.3, -0.25) is 9.59 Å². The van der Waals surface area contributed by atoms with Crippen LogP contribution in [0.15, 0.2) is 48.5 Å². The molecule has 1 atom stereocenters. The minimum Gasteiger partial charge on any atom is -0.497 e. The van der Waals surface area contributed by atoms with E-state index < -0.39 is 23.6 Å². The Morgan fingerprint density at radius 1 is 1.15 bits per heavy atom. The first-order chi connectivity index (χ1) is 12.8. The van der Waals surface area contributed by atoms with Gasteiger partial charge in [0.1, 0.15) is 5.75 Å². The number of anilines is 2. The van der Waals surface area contributed by atoms with E-state index in [4.69, 9.17) is 4.74 Å². The van der Waals surface area contributed by atoms with E-state index in [1.54, 1.807) is 24.3 Å². The van der Waals surface area contributed by atoms with Crippen LogP contribution in [-0.4, -0.2) is 25.5 Å². The highest BCUT2D eigenvalue weighted by atomic mass is 19.4. The van der Waals surface area contributed by atoms with Gasteiger partial charge >= 0.3 is 6.18 Å². The van der Waals surface area contributed by atoms with Gasteiger partial charge in [-0.2, -0.15) is 13.2 Å². The van der Waals surface area contributed by atoms with Gasteiger partial charge in [0.05, 0.1) is 24.3 Å². The summed E-state index contributed by atoms with van der Waals surface area (Å²) in [7, 11) is 1.52. The van der Waals surface area contributed by atoms with Crippen molar-refractivity contribution in [3.8, 4) is 5.75 Å². The number of alkyl halides is 3. The topological polar surface area (TPSA) is 58.6 Å². The monoisotopic (exact) mass is 378 g/mol. The lowest BCUT2D eigenvalue weighted by Crippen LogP contribution is -2.28. The fraction of sp³-hybridized carbons (Fsp3) is 0.263. The summed E-state index contributed by atoms with van der Waals surface area (Å²) in [6, 6.07) is 11.5. The number of hydrogen-bond acceptors (Lipinski definition) is 3. The van der Waals surface area contributed by atoms with Crippen LogP contribution in [0.5, 0.6) is 5.75 Å². The number of amides is 2. The molecule has 142 valence electrons. The number of benzene rings is 2.